The third-order valence-electron chi connectivity index (χ3n) is 4.01. The number of aromatic nitrogens is 1. The maximum absolute atomic E-state index is 12.9. The van der Waals surface area contributed by atoms with Gasteiger partial charge in [-0.1, -0.05) is 24.3 Å². The Balaban J connectivity index is 1.62. The van der Waals surface area contributed by atoms with Gasteiger partial charge in [0.05, 0.1) is 12.7 Å². The molecule has 2 N–H and O–H groups in total. The minimum Gasteiger partial charge on any atom is -0.453 e. The van der Waals surface area contributed by atoms with Crippen LogP contribution in [0, 0.1) is 0 Å². The van der Waals surface area contributed by atoms with Crippen LogP contribution < -0.4 is 10.6 Å². The van der Waals surface area contributed by atoms with E-state index in [1.54, 1.807) is 24.3 Å². The molecule has 30 heavy (non-hydrogen) atoms. The van der Waals surface area contributed by atoms with E-state index in [-0.39, 0.29) is 12.2 Å². The summed E-state index contributed by atoms with van der Waals surface area (Å²) in [5, 5.41) is 7.03. The summed E-state index contributed by atoms with van der Waals surface area (Å²) in [4.78, 5) is 27.6. The molecule has 156 valence electrons. The van der Waals surface area contributed by atoms with E-state index in [1.165, 1.54) is 24.6 Å². The Morgan fingerprint density at radius 1 is 1.13 bits per heavy atom. The molecule has 1 aromatic heterocycles. The van der Waals surface area contributed by atoms with Crippen molar-refractivity contribution in [3.8, 4) is 10.6 Å². The van der Waals surface area contributed by atoms with E-state index in [0.29, 0.717) is 16.3 Å². The van der Waals surface area contributed by atoms with Crippen LogP contribution in [0.5, 0.6) is 0 Å². The van der Waals surface area contributed by atoms with Crippen molar-refractivity contribution in [3.05, 3.63) is 70.7 Å². The summed E-state index contributed by atoms with van der Waals surface area (Å²) >= 11 is 1.09. The van der Waals surface area contributed by atoms with Crippen molar-refractivity contribution in [1.82, 2.24) is 10.3 Å². The van der Waals surface area contributed by atoms with E-state index in [9.17, 15) is 22.8 Å². The molecular formula is C20H16F3N3O3S. The number of nitrogens with one attached hydrogen (secondary N) is 2. The Hall–Kier alpha value is -3.40. The highest BCUT2D eigenvalue weighted by Gasteiger charge is 2.30. The molecular weight excluding hydrogens is 419 g/mol. The van der Waals surface area contributed by atoms with Crippen molar-refractivity contribution in [2.75, 3.05) is 12.4 Å². The molecule has 0 bridgehead atoms. The first-order valence-corrected chi connectivity index (χ1v) is 9.49. The topological polar surface area (TPSA) is 80.3 Å². The lowest BCUT2D eigenvalue weighted by atomic mass is 10.1. The van der Waals surface area contributed by atoms with Crippen molar-refractivity contribution in [3.63, 3.8) is 0 Å². The minimum absolute atomic E-state index is 0.122. The summed E-state index contributed by atoms with van der Waals surface area (Å²) in [6, 6.07) is 11.6. The highest BCUT2D eigenvalue weighted by atomic mass is 32.1. The van der Waals surface area contributed by atoms with Gasteiger partial charge < -0.3 is 10.1 Å². The summed E-state index contributed by atoms with van der Waals surface area (Å²) in [7, 11) is 1.26. The first kappa shape index (κ1) is 21.3. The number of nitrogens with zero attached hydrogens (tertiary/aromatic N) is 1. The molecule has 0 aliphatic carbocycles. The highest BCUT2D eigenvalue weighted by Crippen LogP contribution is 2.33. The summed E-state index contributed by atoms with van der Waals surface area (Å²) in [5.41, 5.74) is 0.972. The molecule has 3 aromatic rings. The van der Waals surface area contributed by atoms with E-state index < -0.39 is 23.7 Å². The maximum Gasteiger partial charge on any atom is 0.416 e. The van der Waals surface area contributed by atoms with E-state index in [1.807, 2.05) is 0 Å². The standard InChI is InChI=1S/C20H16F3N3O3S/c1-29-19(28)25-15-7-5-12(6-8-15)10-24-17(27)16-11-30-18(26-16)13-3-2-4-14(9-13)20(21,22)23/h2-9,11H,10H2,1H3,(H,24,27)(H,25,28). The van der Waals surface area contributed by atoms with Crippen LogP contribution >= 0.6 is 11.3 Å². The van der Waals surface area contributed by atoms with Gasteiger partial charge >= 0.3 is 12.3 Å². The summed E-state index contributed by atoms with van der Waals surface area (Å²) in [5.74, 6) is -0.443. The lowest BCUT2D eigenvalue weighted by molar-refractivity contribution is -0.137. The van der Waals surface area contributed by atoms with Gasteiger partial charge in [0.15, 0.2) is 0 Å². The molecule has 0 saturated heterocycles. The molecule has 0 radical (unpaired) electrons. The van der Waals surface area contributed by atoms with E-state index in [4.69, 9.17) is 0 Å². The molecule has 0 fully saturated rings. The molecule has 0 atom stereocenters. The summed E-state index contributed by atoms with van der Waals surface area (Å²) < 4.78 is 43.1. The molecule has 6 nitrogen and oxygen atoms in total. The van der Waals surface area contributed by atoms with E-state index >= 15 is 0 Å². The first-order valence-electron chi connectivity index (χ1n) is 8.61. The van der Waals surface area contributed by atoms with Gasteiger partial charge in [0.1, 0.15) is 10.7 Å². The number of amides is 2. The Morgan fingerprint density at radius 2 is 1.87 bits per heavy atom. The quantitative estimate of drug-likeness (QED) is 0.595. The number of ether oxygens (including phenoxy) is 1. The Morgan fingerprint density at radius 3 is 2.53 bits per heavy atom. The number of hydrogen-bond acceptors (Lipinski definition) is 5. The van der Waals surface area contributed by atoms with Crippen LogP contribution in [0.15, 0.2) is 53.9 Å². The number of alkyl halides is 3. The first-order chi connectivity index (χ1) is 14.3. The number of benzene rings is 2. The number of rotatable bonds is 5. The molecule has 2 aromatic carbocycles. The second-order valence-electron chi connectivity index (χ2n) is 6.11. The van der Waals surface area contributed by atoms with Gasteiger partial charge in [-0.2, -0.15) is 13.2 Å². The third kappa shape index (κ3) is 5.35. The van der Waals surface area contributed by atoms with Crippen LogP contribution in [-0.2, 0) is 17.5 Å². The molecule has 3 rings (SSSR count). The fraction of sp³-hybridized carbons (Fsp3) is 0.150. The summed E-state index contributed by atoms with van der Waals surface area (Å²) in [6.07, 6.45) is -5.04. The normalized spacial score (nSPS) is 11.1. The SMILES string of the molecule is COC(=O)Nc1ccc(CNC(=O)c2csc(-c3cccc(C(F)(F)F)c3)n2)cc1. The van der Waals surface area contributed by atoms with Crippen molar-refractivity contribution >= 4 is 29.0 Å². The number of carbonyl (C=O) groups is 2. The minimum atomic E-state index is -4.45. The van der Waals surface area contributed by atoms with Crippen LogP contribution in [0.3, 0.4) is 0 Å². The zero-order valence-corrected chi connectivity index (χ0v) is 16.4. The van der Waals surface area contributed by atoms with Gasteiger partial charge in [0.2, 0.25) is 0 Å². The Kier molecular flexibility index (Phi) is 6.36. The third-order valence-corrected chi connectivity index (χ3v) is 4.90. The molecule has 2 amide bonds. The van der Waals surface area contributed by atoms with Crippen molar-refractivity contribution < 1.29 is 27.5 Å². The van der Waals surface area contributed by atoms with E-state index in [2.05, 4.69) is 20.4 Å². The second kappa shape index (κ2) is 8.95. The van der Waals surface area contributed by atoms with Gasteiger partial charge in [0, 0.05) is 23.2 Å². The predicted molar refractivity (Wildman–Crippen MR) is 106 cm³/mol. The predicted octanol–water partition coefficient (Wildman–Crippen LogP) is 4.94. The van der Waals surface area contributed by atoms with Crippen LogP contribution in [0.4, 0.5) is 23.7 Å². The Labute approximate surface area is 173 Å². The smallest absolute Gasteiger partial charge is 0.416 e. The van der Waals surface area contributed by atoms with Crippen molar-refractivity contribution in [2.24, 2.45) is 0 Å². The lowest BCUT2D eigenvalue weighted by Crippen LogP contribution is -2.23. The molecule has 0 unspecified atom stereocenters. The number of anilines is 1. The summed E-state index contributed by atoms with van der Waals surface area (Å²) in [6.45, 7) is 0.216. The van der Waals surface area contributed by atoms with Gasteiger partial charge in [-0.05, 0) is 29.8 Å². The average Bonchev–Trinajstić information content (AvgIpc) is 3.23. The zero-order valence-electron chi connectivity index (χ0n) is 15.6. The van der Waals surface area contributed by atoms with Gasteiger partial charge in [-0.3, -0.25) is 10.1 Å². The molecule has 0 aliphatic heterocycles. The molecule has 1 heterocycles. The zero-order chi connectivity index (χ0) is 21.7. The largest absolute Gasteiger partial charge is 0.453 e. The lowest BCUT2D eigenvalue weighted by Gasteiger charge is -2.07. The molecule has 0 saturated carbocycles. The monoisotopic (exact) mass is 435 g/mol. The molecule has 0 spiro atoms. The van der Waals surface area contributed by atoms with E-state index in [0.717, 1.165) is 29.0 Å². The highest BCUT2D eigenvalue weighted by molar-refractivity contribution is 7.13. The van der Waals surface area contributed by atoms with Crippen LogP contribution in [0.25, 0.3) is 10.6 Å². The number of halogens is 3. The number of methoxy groups -OCH3 is 1. The molecule has 10 heteroatoms. The van der Waals surface area contributed by atoms with Crippen LogP contribution in [-0.4, -0.2) is 24.1 Å². The second-order valence-corrected chi connectivity index (χ2v) is 6.97. The fourth-order valence-electron chi connectivity index (χ4n) is 2.49. The van der Waals surface area contributed by atoms with Gasteiger partial charge in [0.25, 0.3) is 5.91 Å². The van der Waals surface area contributed by atoms with Crippen molar-refractivity contribution in [2.45, 2.75) is 12.7 Å². The van der Waals surface area contributed by atoms with Crippen LogP contribution in [0.2, 0.25) is 0 Å². The molecule has 0 aliphatic rings. The number of thiazole rings is 1. The number of carbonyl (C=O) groups excluding carboxylic acids is 2. The van der Waals surface area contributed by atoms with Crippen LogP contribution in [0.1, 0.15) is 21.6 Å². The van der Waals surface area contributed by atoms with Gasteiger partial charge in [-0.15, -0.1) is 11.3 Å². The number of hydrogen-bond donors (Lipinski definition) is 2. The average molecular weight is 435 g/mol. The maximum atomic E-state index is 12.9. The fourth-order valence-corrected chi connectivity index (χ4v) is 3.28. The van der Waals surface area contributed by atoms with Crippen molar-refractivity contribution in [1.29, 1.82) is 0 Å². The van der Waals surface area contributed by atoms with Gasteiger partial charge in [-0.25, -0.2) is 9.78 Å². The Bertz CT molecular complexity index is 1050.